The molecule has 1 aliphatic rings. The molecule has 0 aliphatic carbocycles. The first-order valence-electron chi connectivity index (χ1n) is 7.27. The normalized spacial score (nSPS) is 16.2. The van der Waals surface area contributed by atoms with Crippen molar-refractivity contribution in [3.8, 4) is 0 Å². The predicted octanol–water partition coefficient (Wildman–Crippen LogP) is 3.09. The van der Waals surface area contributed by atoms with E-state index in [0.29, 0.717) is 19.6 Å². The second kappa shape index (κ2) is 6.16. The third kappa shape index (κ3) is 3.44. The van der Waals surface area contributed by atoms with Crippen LogP contribution in [0.15, 0.2) is 12.1 Å². The SMILES string of the molecule is COC(=O)C(C)(C)Cc1cc(C)c(C2OCCO2)c(C)c1. The van der Waals surface area contributed by atoms with Gasteiger partial charge in [0, 0.05) is 5.56 Å². The van der Waals surface area contributed by atoms with E-state index in [4.69, 9.17) is 14.2 Å². The average Bonchev–Trinajstić information content (AvgIpc) is 2.90. The lowest BCUT2D eigenvalue weighted by Gasteiger charge is -2.23. The van der Waals surface area contributed by atoms with Crippen LogP contribution < -0.4 is 0 Å². The van der Waals surface area contributed by atoms with Gasteiger partial charge in [-0.3, -0.25) is 4.79 Å². The number of esters is 1. The summed E-state index contributed by atoms with van der Waals surface area (Å²) in [5, 5.41) is 0. The van der Waals surface area contributed by atoms with Crippen molar-refractivity contribution in [2.45, 2.75) is 40.4 Å². The number of hydrogen-bond acceptors (Lipinski definition) is 4. The Balaban J connectivity index is 2.25. The van der Waals surface area contributed by atoms with Crippen LogP contribution in [0.25, 0.3) is 0 Å². The Bertz CT molecular complexity index is 505. The van der Waals surface area contributed by atoms with Crippen LogP contribution in [0.1, 0.15) is 42.4 Å². The lowest BCUT2D eigenvalue weighted by molar-refractivity contribution is -0.150. The number of aryl methyl sites for hydroxylation is 2. The first-order chi connectivity index (χ1) is 9.85. The lowest BCUT2D eigenvalue weighted by Crippen LogP contribution is -2.28. The number of methoxy groups -OCH3 is 1. The molecule has 0 spiro atoms. The Hall–Kier alpha value is -1.39. The summed E-state index contributed by atoms with van der Waals surface area (Å²) in [6, 6.07) is 4.22. The molecule has 1 aromatic rings. The molecule has 1 aromatic carbocycles. The van der Waals surface area contributed by atoms with Gasteiger partial charge in [0.15, 0.2) is 6.29 Å². The maximum absolute atomic E-state index is 11.8. The maximum Gasteiger partial charge on any atom is 0.311 e. The van der Waals surface area contributed by atoms with Gasteiger partial charge in [-0.15, -0.1) is 0 Å². The zero-order valence-corrected chi connectivity index (χ0v) is 13.5. The van der Waals surface area contributed by atoms with Gasteiger partial charge in [-0.1, -0.05) is 12.1 Å². The maximum atomic E-state index is 11.8. The Kier molecular flexibility index (Phi) is 4.69. The van der Waals surface area contributed by atoms with Crippen molar-refractivity contribution in [2.24, 2.45) is 5.41 Å². The molecule has 0 radical (unpaired) electrons. The summed E-state index contributed by atoms with van der Waals surface area (Å²) in [7, 11) is 1.43. The van der Waals surface area contributed by atoms with Gasteiger partial charge >= 0.3 is 5.97 Å². The molecule has 1 saturated heterocycles. The smallest absolute Gasteiger partial charge is 0.311 e. The Morgan fingerprint density at radius 2 is 1.76 bits per heavy atom. The summed E-state index contributed by atoms with van der Waals surface area (Å²) in [6.45, 7) is 9.20. The molecule has 0 aromatic heterocycles. The lowest BCUT2D eigenvalue weighted by atomic mass is 9.84. The molecule has 0 unspecified atom stereocenters. The largest absolute Gasteiger partial charge is 0.469 e. The van der Waals surface area contributed by atoms with Crippen LogP contribution in [-0.4, -0.2) is 26.3 Å². The number of rotatable bonds is 4. The highest BCUT2D eigenvalue weighted by molar-refractivity contribution is 5.76. The Labute approximate surface area is 126 Å². The first kappa shape index (κ1) is 16.0. The van der Waals surface area contributed by atoms with Crippen molar-refractivity contribution < 1.29 is 19.0 Å². The summed E-state index contributed by atoms with van der Waals surface area (Å²) >= 11 is 0. The van der Waals surface area contributed by atoms with Gasteiger partial charge in [0.2, 0.25) is 0 Å². The zero-order chi connectivity index (χ0) is 15.6. The summed E-state index contributed by atoms with van der Waals surface area (Å²) in [6.07, 6.45) is 0.390. The van der Waals surface area contributed by atoms with E-state index in [2.05, 4.69) is 26.0 Å². The van der Waals surface area contributed by atoms with Gasteiger partial charge in [0.1, 0.15) is 0 Å². The van der Waals surface area contributed by atoms with Gasteiger partial charge in [-0.25, -0.2) is 0 Å². The molecule has 1 fully saturated rings. The number of hydrogen-bond donors (Lipinski definition) is 0. The molecule has 0 saturated carbocycles. The van der Waals surface area contributed by atoms with Crippen molar-refractivity contribution in [1.29, 1.82) is 0 Å². The van der Waals surface area contributed by atoms with E-state index in [0.717, 1.165) is 22.3 Å². The molecular weight excluding hydrogens is 268 g/mol. The average molecular weight is 292 g/mol. The first-order valence-corrected chi connectivity index (χ1v) is 7.27. The molecule has 0 N–H and O–H groups in total. The van der Waals surface area contributed by atoms with E-state index < -0.39 is 5.41 Å². The third-order valence-corrected chi connectivity index (χ3v) is 3.90. The van der Waals surface area contributed by atoms with Crippen LogP contribution in [0.2, 0.25) is 0 Å². The Morgan fingerprint density at radius 1 is 1.24 bits per heavy atom. The minimum absolute atomic E-state index is 0.190. The minimum atomic E-state index is -0.532. The second-order valence-corrected chi connectivity index (χ2v) is 6.27. The van der Waals surface area contributed by atoms with E-state index in [9.17, 15) is 4.79 Å². The molecule has 116 valence electrons. The number of benzene rings is 1. The summed E-state index contributed by atoms with van der Waals surface area (Å²) in [4.78, 5) is 11.8. The van der Waals surface area contributed by atoms with Crippen LogP contribution in [-0.2, 0) is 25.4 Å². The van der Waals surface area contributed by atoms with E-state index in [1.165, 1.54) is 7.11 Å². The molecule has 0 amide bonds. The molecule has 0 bridgehead atoms. The third-order valence-electron chi connectivity index (χ3n) is 3.90. The molecular formula is C17H24O4. The number of ether oxygens (including phenoxy) is 3. The van der Waals surface area contributed by atoms with Crippen LogP contribution >= 0.6 is 0 Å². The molecule has 2 rings (SSSR count). The Morgan fingerprint density at radius 3 is 2.24 bits per heavy atom. The summed E-state index contributed by atoms with van der Waals surface area (Å²) in [5.74, 6) is -0.190. The van der Waals surface area contributed by atoms with Gasteiger partial charge in [-0.2, -0.15) is 0 Å². The molecule has 1 heterocycles. The van der Waals surface area contributed by atoms with Gasteiger partial charge in [0.25, 0.3) is 0 Å². The molecule has 0 atom stereocenters. The van der Waals surface area contributed by atoms with Gasteiger partial charge < -0.3 is 14.2 Å². The van der Waals surface area contributed by atoms with Crippen molar-refractivity contribution >= 4 is 5.97 Å². The van der Waals surface area contributed by atoms with Gasteiger partial charge in [0.05, 0.1) is 25.7 Å². The quantitative estimate of drug-likeness (QED) is 0.800. The van der Waals surface area contributed by atoms with Crippen molar-refractivity contribution in [3.63, 3.8) is 0 Å². The van der Waals surface area contributed by atoms with Crippen LogP contribution in [0.4, 0.5) is 0 Å². The van der Waals surface area contributed by atoms with Gasteiger partial charge in [-0.05, 0) is 50.8 Å². The van der Waals surface area contributed by atoms with Crippen molar-refractivity contribution in [2.75, 3.05) is 20.3 Å². The zero-order valence-electron chi connectivity index (χ0n) is 13.5. The van der Waals surface area contributed by atoms with E-state index in [-0.39, 0.29) is 12.3 Å². The molecule has 4 nitrogen and oxygen atoms in total. The fourth-order valence-corrected chi connectivity index (χ4v) is 2.92. The monoisotopic (exact) mass is 292 g/mol. The fraction of sp³-hybridized carbons (Fsp3) is 0.588. The second-order valence-electron chi connectivity index (χ2n) is 6.27. The number of carbonyl (C=O) groups is 1. The van der Waals surface area contributed by atoms with E-state index in [1.807, 2.05) is 13.8 Å². The predicted molar refractivity (Wildman–Crippen MR) is 80.1 cm³/mol. The standard InChI is InChI=1S/C17H24O4/c1-11-8-13(10-17(3,4)16(18)19-5)9-12(2)14(11)15-20-6-7-21-15/h8-9,15H,6-7,10H2,1-5H3. The molecule has 4 heteroatoms. The highest BCUT2D eigenvalue weighted by atomic mass is 16.7. The van der Waals surface area contributed by atoms with Crippen molar-refractivity contribution in [3.05, 3.63) is 34.4 Å². The van der Waals surface area contributed by atoms with Crippen LogP contribution in [0.3, 0.4) is 0 Å². The highest BCUT2D eigenvalue weighted by Gasteiger charge is 2.30. The van der Waals surface area contributed by atoms with E-state index >= 15 is 0 Å². The summed E-state index contributed by atoms with van der Waals surface area (Å²) in [5.41, 5.74) is 3.97. The minimum Gasteiger partial charge on any atom is -0.469 e. The fourth-order valence-electron chi connectivity index (χ4n) is 2.92. The number of carbonyl (C=O) groups excluding carboxylic acids is 1. The van der Waals surface area contributed by atoms with Crippen LogP contribution in [0, 0.1) is 19.3 Å². The van der Waals surface area contributed by atoms with Crippen LogP contribution in [0.5, 0.6) is 0 Å². The topological polar surface area (TPSA) is 44.8 Å². The summed E-state index contributed by atoms with van der Waals surface area (Å²) < 4.78 is 16.1. The highest BCUT2D eigenvalue weighted by Crippen LogP contribution is 2.32. The van der Waals surface area contributed by atoms with Crippen molar-refractivity contribution in [1.82, 2.24) is 0 Å². The molecule has 1 aliphatic heterocycles. The molecule has 21 heavy (non-hydrogen) atoms. The van der Waals surface area contributed by atoms with E-state index in [1.54, 1.807) is 0 Å².